The minimum absolute atomic E-state index is 0.110. The molecule has 2 aromatic carbocycles. The first-order chi connectivity index (χ1) is 10.7. The Hall–Kier alpha value is -2.40. The first-order valence-corrected chi connectivity index (χ1v) is 7.55. The molecule has 112 valence electrons. The monoisotopic (exact) mass is 313 g/mol. The Labute approximate surface area is 133 Å². The summed E-state index contributed by atoms with van der Waals surface area (Å²) in [4.78, 5) is 13.9. The molecule has 5 heteroatoms. The van der Waals surface area contributed by atoms with Crippen LogP contribution in [0, 0.1) is 0 Å². The Morgan fingerprint density at radius 3 is 2.68 bits per heavy atom. The van der Waals surface area contributed by atoms with Crippen LogP contribution in [0.25, 0.3) is 6.08 Å². The van der Waals surface area contributed by atoms with Gasteiger partial charge in [0.15, 0.2) is 0 Å². The van der Waals surface area contributed by atoms with Crippen molar-refractivity contribution in [3.05, 3.63) is 52.9 Å². The lowest BCUT2D eigenvalue weighted by atomic mass is 10.1. The summed E-state index contributed by atoms with van der Waals surface area (Å²) in [6.07, 6.45) is 1.83. The van der Waals surface area contributed by atoms with Gasteiger partial charge in [-0.25, -0.2) is 0 Å². The maximum atomic E-state index is 12.2. The highest BCUT2D eigenvalue weighted by molar-refractivity contribution is 8.04. The average molecular weight is 313 g/mol. The predicted octanol–water partition coefficient (Wildman–Crippen LogP) is 3.79. The number of carbonyl (C=O) groups excluding carboxylic acids is 1. The normalized spacial score (nSPS) is 15.2. The third kappa shape index (κ3) is 2.80. The first-order valence-electron chi connectivity index (χ1n) is 6.73. The zero-order valence-electron chi connectivity index (χ0n) is 12.3. The summed E-state index contributed by atoms with van der Waals surface area (Å²) >= 11 is 1.45. The number of hydrogen-bond donors (Lipinski definition) is 1. The maximum absolute atomic E-state index is 12.2. The smallest absolute Gasteiger partial charge is 0.262 e. The number of rotatable bonds is 3. The molecule has 2 aromatic rings. The van der Waals surface area contributed by atoms with E-state index in [0.717, 1.165) is 16.1 Å². The number of thioether (sulfide) groups is 1. The molecule has 0 fully saturated rings. The van der Waals surface area contributed by atoms with Gasteiger partial charge >= 0.3 is 0 Å². The van der Waals surface area contributed by atoms with Gasteiger partial charge in [0.1, 0.15) is 11.5 Å². The van der Waals surface area contributed by atoms with E-state index in [9.17, 15) is 4.79 Å². The van der Waals surface area contributed by atoms with Crippen molar-refractivity contribution in [2.45, 2.75) is 4.90 Å². The standard InChI is InChI=1S/C17H15NO3S/c1-20-12-8-7-11(14(10-12)21-2)9-16-17(19)18-13-5-3-4-6-15(13)22-16/h3-10H,1-2H3,(H,18,19). The number of anilines is 1. The number of methoxy groups -OCH3 is 2. The topological polar surface area (TPSA) is 47.6 Å². The SMILES string of the molecule is COc1ccc(C=C2Sc3ccccc3NC2=O)c(OC)c1. The van der Waals surface area contributed by atoms with Gasteiger partial charge in [-0.2, -0.15) is 0 Å². The lowest BCUT2D eigenvalue weighted by Crippen LogP contribution is -2.17. The minimum Gasteiger partial charge on any atom is -0.497 e. The number of nitrogens with one attached hydrogen (secondary N) is 1. The molecule has 0 atom stereocenters. The molecule has 3 rings (SSSR count). The van der Waals surface area contributed by atoms with E-state index in [1.807, 2.05) is 42.5 Å². The van der Waals surface area contributed by atoms with Crippen LogP contribution in [-0.4, -0.2) is 20.1 Å². The van der Waals surface area contributed by atoms with Crippen molar-refractivity contribution < 1.29 is 14.3 Å². The van der Waals surface area contributed by atoms with E-state index in [1.165, 1.54) is 11.8 Å². The molecule has 0 saturated carbocycles. The molecule has 0 aliphatic carbocycles. The van der Waals surface area contributed by atoms with Crippen molar-refractivity contribution in [3.8, 4) is 11.5 Å². The Balaban J connectivity index is 1.97. The van der Waals surface area contributed by atoms with Crippen LogP contribution in [0.5, 0.6) is 11.5 Å². The quantitative estimate of drug-likeness (QED) is 0.876. The number of carbonyl (C=O) groups is 1. The van der Waals surface area contributed by atoms with Gasteiger partial charge in [-0.3, -0.25) is 4.79 Å². The molecule has 0 aromatic heterocycles. The number of hydrogen-bond acceptors (Lipinski definition) is 4. The lowest BCUT2D eigenvalue weighted by molar-refractivity contribution is -0.112. The number of para-hydroxylation sites is 1. The highest BCUT2D eigenvalue weighted by Gasteiger charge is 2.21. The van der Waals surface area contributed by atoms with Crippen LogP contribution in [0.15, 0.2) is 52.3 Å². The van der Waals surface area contributed by atoms with Crippen molar-refractivity contribution in [1.29, 1.82) is 0 Å². The molecule has 0 unspecified atom stereocenters. The number of benzene rings is 2. The zero-order valence-corrected chi connectivity index (χ0v) is 13.1. The van der Waals surface area contributed by atoms with E-state index in [2.05, 4.69) is 5.32 Å². The fourth-order valence-electron chi connectivity index (χ4n) is 2.18. The van der Waals surface area contributed by atoms with Gasteiger partial charge in [-0.15, -0.1) is 0 Å². The number of fused-ring (bicyclic) bond motifs is 1. The van der Waals surface area contributed by atoms with Crippen LogP contribution >= 0.6 is 11.8 Å². The molecule has 0 spiro atoms. The molecule has 0 bridgehead atoms. The predicted molar refractivity (Wildman–Crippen MR) is 88.5 cm³/mol. The third-order valence-electron chi connectivity index (χ3n) is 3.31. The fraction of sp³-hybridized carbons (Fsp3) is 0.118. The van der Waals surface area contributed by atoms with Gasteiger partial charge in [-0.05, 0) is 30.3 Å². The Morgan fingerprint density at radius 1 is 1.09 bits per heavy atom. The summed E-state index contributed by atoms with van der Waals surface area (Å²) in [7, 11) is 3.20. The van der Waals surface area contributed by atoms with Crippen molar-refractivity contribution in [2.75, 3.05) is 19.5 Å². The van der Waals surface area contributed by atoms with Crippen LogP contribution < -0.4 is 14.8 Å². The van der Waals surface area contributed by atoms with Gasteiger partial charge in [0.05, 0.1) is 24.8 Å². The van der Waals surface area contributed by atoms with Gasteiger partial charge in [0.2, 0.25) is 0 Å². The zero-order chi connectivity index (χ0) is 15.5. The van der Waals surface area contributed by atoms with E-state index in [0.29, 0.717) is 16.4 Å². The van der Waals surface area contributed by atoms with Crippen LogP contribution in [0.2, 0.25) is 0 Å². The second-order valence-electron chi connectivity index (χ2n) is 4.67. The van der Waals surface area contributed by atoms with Crippen molar-refractivity contribution in [3.63, 3.8) is 0 Å². The highest BCUT2D eigenvalue weighted by Crippen LogP contribution is 2.39. The summed E-state index contributed by atoms with van der Waals surface area (Å²) in [6.45, 7) is 0. The molecular weight excluding hydrogens is 298 g/mol. The highest BCUT2D eigenvalue weighted by atomic mass is 32.2. The molecular formula is C17H15NO3S. The van der Waals surface area contributed by atoms with E-state index >= 15 is 0 Å². The lowest BCUT2D eigenvalue weighted by Gasteiger charge is -2.18. The van der Waals surface area contributed by atoms with Crippen LogP contribution in [0.4, 0.5) is 5.69 Å². The second-order valence-corrected chi connectivity index (χ2v) is 5.75. The van der Waals surface area contributed by atoms with Gasteiger partial charge in [0, 0.05) is 16.5 Å². The summed E-state index contributed by atoms with van der Waals surface area (Å²) in [5.41, 5.74) is 1.68. The van der Waals surface area contributed by atoms with Gasteiger partial charge < -0.3 is 14.8 Å². The van der Waals surface area contributed by atoms with Crippen molar-refractivity contribution in [2.24, 2.45) is 0 Å². The summed E-state index contributed by atoms with van der Waals surface area (Å²) in [6, 6.07) is 13.2. The molecule has 1 aliphatic heterocycles. The minimum atomic E-state index is -0.110. The molecule has 4 nitrogen and oxygen atoms in total. The number of amides is 1. The largest absolute Gasteiger partial charge is 0.497 e. The van der Waals surface area contributed by atoms with Crippen molar-refractivity contribution >= 4 is 29.4 Å². The van der Waals surface area contributed by atoms with Crippen LogP contribution in [0.3, 0.4) is 0 Å². The summed E-state index contributed by atoms with van der Waals surface area (Å²) in [5, 5.41) is 2.90. The molecule has 1 amide bonds. The maximum Gasteiger partial charge on any atom is 0.262 e. The second kappa shape index (κ2) is 6.15. The summed E-state index contributed by atoms with van der Waals surface area (Å²) in [5.74, 6) is 1.27. The Bertz CT molecular complexity index is 755. The van der Waals surface area contributed by atoms with E-state index in [4.69, 9.17) is 9.47 Å². The van der Waals surface area contributed by atoms with Crippen molar-refractivity contribution in [1.82, 2.24) is 0 Å². The molecule has 1 aliphatic rings. The Morgan fingerprint density at radius 2 is 1.91 bits per heavy atom. The summed E-state index contributed by atoms with van der Waals surface area (Å²) < 4.78 is 10.6. The first kappa shape index (κ1) is 14.5. The molecule has 0 radical (unpaired) electrons. The Kier molecular flexibility index (Phi) is 4.06. The molecule has 1 N–H and O–H groups in total. The average Bonchev–Trinajstić information content (AvgIpc) is 2.55. The number of ether oxygens (including phenoxy) is 2. The van der Waals surface area contributed by atoms with E-state index < -0.39 is 0 Å². The molecule has 22 heavy (non-hydrogen) atoms. The molecule has 0 saturated heterocycles. The van der Waals surface area contributed by atoms with E-state index in [-0.39, 0.29) is 5.91 Å². The van der Waals surface area contributed by atoms with Crippen LogP contribution in [0.1, 0.15) is 5.56 Å². The third-order valence-corrected chi connectivity index (χ3v) is 4.41. The van der Waals surface area contributed by atoms with Gasteiger partial charge in [0.25, 0.3) is 5.91 Å². The molecule has 1 heterocycles. The van der Waals surface area contributed by atoms with Crippen LogP contribution in [-0.2, 0) is 4.79 Å². The van der Waals surface area contributed by atoms with E-state index in [1.54, 1.807) is 20.3 Å². The fourth-order valence-corrected chi connectivity index (χ4v) is 3.12. The van der Waals surface area contributed by atoms with Gasteiger partial charge in [-0.1, -0.05) is 23.9 Å².